The summed E-state index contributed by atoms with van der Waals surface area (Å²) in [6.45, 7) is 3.31. The van der Waals surface area contributed by atoms with E-state index in [1.54, 1.807) is 31.4 Å². The molecule has 2 aromatic carbocycles. The summed E-state index contributed by atoms with van der Waals surface area (Å²) in [5.41, 5.74) is 2.61. The van der Waals surface area contributed by atoms with Crippen LogP contribution < -0.4 is 14.5 Å². The first kappa shape index (κ1) is 20.9. The van der Waals surface area contributed by atoms with E-state index in [4.69, 9.17) is 4.74 Å². The molecular formula is C23H29N3O3. The number of hydrogen-bond acceptors (Lipinski definition) is 5. The van der Waals surface area contributed by atoms with Crippen LogP contribution in [-0.2, 0) is 4.79 Å². The lowest BCUT2D eigenvalue weighted by molar-refractivity contribution is -0.118. The second-order valence-electron chi connectivity index (χ2n) is 7.48. The van der Waals surface area contributed by atoms with Crippen molar-refractivity contribution >= 4 is 23.1 Å². The summed E-state index contributed by atoms with van der Waals surface area (Å²) in [6, 6.07) is 15.0. The Morgan fingerprint density at radius 3 is 2.31 bits per heavy atom. The lowest BCUT2D eigenvalue weighted by atomic mass is 10.1. The number of ether oxygens (including phenoxy) is 1. The summed E-state index contributed by atoms with van der Waals surface area (Å²) < 4.78 is 5.12. The Bertz CT molecular complexity index is 849. The molecule has 0 bridgehead atoms. The highest BCUT2D eigenvalue weighted by Gasteiger charge is 2.26. The third kappa shape index (κ3) is 5.15. The number of amides is 1. The van der Waals surface area contributed by atoms with Crippen LogP contribution in [0.25, 0.3) is 0 Å². The molecule has 154 valence electrons. The van der Waals surface area contributed by atoms with Gasteiger partial charge in [-0.15, -0.1) is 0 Å². The molecule has 0 saturated carbocycles. The van der Waals surface area contributed by atoms with E-state index in [2.05, 4.69) is 30.0 Å². The molecule has 0 fully saturated rings. The summed E-state index contributed by atoms with van der Waals surface area (Å²) in [4.78, 5) is 31.7. The van der Waals surface area contributed by atoms with Gasteiger partial charge in [-0.2, -0.15) is 0 Å². The van der Waals surface area contributed by atoms with E-state index in [1.807, 2.05) is 23.1 Å². The molecule has 1 amide bonds. The normalized spacial score (nSPS) is 13.4. The first-order valence-corrected chi connectivity index (χ1v) is 9.96. The van der Waals surface area contributed by atoms with Crippen molar-refractivity contribution in [1.82, 2.24) is 4.90 Å². The lowest BCUT2D eigenvalue weighted by Gasteiger charge is -2.38. The van der Waals surface area contributed by atoms with Crippen molar-refractivity contribution < 1.29 is 14.3 Å². The Morgan fingerprint density at radius 2 is 1.66 bits per heavy atom. The summed E-state index contributed by atoms with van der Waals surface area (Å²) in [7, 11) is 5.71. The zero-order valence-corrected chi connectivity index (χ0v) is 17.4. The van der Waals surface area contributed by atoms with Crippen molar-refractivity contribution in [2.45, 2.75) is 12.8 Å². The first-order chi connectivity index (χ1) is 14.0. The van der Waals surface area contributed by atoms with Gasteiger partial charge >= 0.3 is 0 Å². The number of nitrogens with zero attached hydrogens (tertiary/aromatic N) is 3. The average Bonchev–Trinajstić information content (AvgIpc) is 2.75. The molecule has 1 aliphatic heterocycles. The van der Waals surface area contributed by atoms with E-state index in [-0.39, 0.29) is 24.5 Å². The monoisotopic (exact) mass is 395 g/mol. The maximum absolute atomic E-state index is 12.9. The number of carbonyl (C=O) groups is 2. The number of rotatable bonds is 8. The fraction of sp³-hybridized carbons (Fsp3) is 0.391. The van der Waals surface area contributed by atoms with Gasteiger partial charge in [0.1, 0.15) is 5.75 Å². The van der Waals surface area contributed by atoms with Gasteiger partial charge < -0.3 is 19.4 Å². The topological polar surface area (TPSA) is 53.1 Å². The van der Waals surface area contributed by atoms with E-state index in [9.17, 15) is 9.59 Å². The Morgan fingerprint density at radius 1 is 0.966 bits per heavy atom. The van der Waals surface area contributed by atoms with E-state index in [0.29, 0.717) is 17.9 Å². The maximum Gasteiger partial charge on any atom is 0.227 e. The molecule has 0 aliphatic carbocycles. The molecule has 0 spiro atoms. The van der Waals surface area contributed by atoms with Gasteiger partial charge in [0.05, 0.1) is 18.5 Å². The predicted molar refractivity (Wildman–Crippen MR) is 116 cm³/mol. The van der Waals surface area contributed by atoms with Gasteiger partial charge in [0.2, 0.25) is 5.91 Å². The smallest absolute Gasteiger partial charge is 0.227 e. The molecule has 0 atom stereocenters. The second kappa shape index (κ2) is 9.56. The molecule has 1 aliphatic rings. The number of benzene rings is 2. The predicted octanol–water partition coefficient (Wildman–Crippen LogP) is 3.07. The molecular weight excluding hydrogens is 366 g/mol. The number of carbonyl (C=O) groups excluding carboxylic acids is 2. The molecule has 6 nitrogen and oxygen atoms in total. The SMILES string of the molecule is COc1ccc(C(=O)CCC(=O)N2CCN(CCN(C)C)c3ccccc32)cc1. The van der Waals surface area contributed by atoms with Gasteiger partial charge in [-0.25, -0.2) is 0 Å². The Balaban J connectivity index is 1.64. The molecule has 0 aromatic heterocycles. The number of ketones is 1. The van der Waals surface area contributed by atoms with Crippen molar-refractivity contribution in [2.24, 2.45) is 0 Å². The van der Waals surface area contributed by atoms with E-state index >= 15 is 0 Å². The number of fused-ring (bicyclic) bond motifs is 1. The van der Waals surface area contributed by atoms with Crippen LogP contribution in [0.1, 0.15) is 23.2 Å². The van der Waals surface area contributed by atoms with Gasteiger partial charge in [0, 0.05) is 44.6 Å². The highest BCUT2D eigenvalue weighted by molar-refractivity contribution is 6.02. The number of likely N-dealkylation sites (N-methyl/N-ethyl adjacent to an activating group) is 1. The minimum absolute atomic E-state index is 0.00780. The first-order valence-electron chi connectivity index (χ1n) is 9.96. The zero-order chi connectivity index (χ0) is 20.8. The minimum Gasteiger partial charge on any atom is -0.497 e. The van der Waals surface area contributed by atoms with E-state index in [1.165, 1.54) is 0 Å². The van der Waals surface area contributed by atoms with E-state index in [0.717, 1.165) is 31.0 Å². The van der Waals surface area contributed by atoms with E-state index < -0.39 is 0 Å². The molecule has 0 saturated heterocycles. The Kier molecular flexibility index (Phi) is 6.88. The van der Waals surface area contributed by atoms with Crippen LogP contribution in [0.15, 0.2) is 48.5 Å². The van der Waals surface area contributed by atoms with Crippen LogP contribution in [0.4, 0.5) is 11.4 Å². The Hall–Kier alpha value is -2.86. The van der Waals surface area contributed by atoms with Crippen LogP contribution in [0.5, 0.6) is 5.75 Å². The molecule has 0 radical (unpaired) electrons. The molecule has 29 heavy (non-hydrogen) atoms. The number of para-hydroxylation sites is 2. The highest BCUT2D eigenvalue weighted by atomic mass is 16.5. The summed E-state index contributed by atoms with van der Waals surface area (Å²) in [6.07, 6.45) is 0.408. The van der Waals surface area contributed by atoms with Crippen LogP contribution in [0.2, 0.25) is 0 Å². The van der Waals surface area contributed by atoms with Gasteiger partial charge in [0.15, 0.2) is 5.78 Å². The minimum atomic E-state index is -0.0288. The van der Waals surface area contributed by atoms with Crippen molar-refractivity contribution in [3.05, 3.63) is 54.1 Å². The Labute approximate surface area is 172 Å². The molecule has 6 heteroatoms. The highest BCUT2D eigenvalue weighted by Crippen LogP contribution is 2.33. The maximum atomic E-state index is 12.9. The molecule has 0 N–H and O–H groups in total. The molecule has 2 aromatic rings. The number of hydrogen-bond donors (Lipinski definition) is 0. The summed E-state index contributed by atoms with van der Waals surface area (Å²) >= 11 is 0. The standard InChI is InChI=1S/C23H29N3O3/c1-24(2)14-15-25-16-17-26(21-7-5-4-6-20(21)25)23(28)13-12-22(27)18-8-10-19(29-3)11-9-18/h4-11H,12-17H2,1-3H3. The second-order valence-corrected chi connectivity index (χ2v) is 7.48. The van der Waals surface area contributed by atoms with Crippen LogP contribution >= 0.6 is 0 Å². The van der Waals surface area contributed by atoms with Crippen molar-refractivity contribution in [3.8, 4) is 5.75 Å². The third-order valence-corrected chi connectivity index (χ3v) is 5.20. The number of anilines is 2. The molecule has 0 unspecified atom stereocenters. The number of methoxy groups -OCH3 is 1. The summed E-state index contributed by atoms with van der Waals surface area (Å²) in [5, 5.41) is 0. The van der Waals surface area contributed by atoms with Crippen molar-refractivity contribution in [2.75, 3.05) is 57.2 Å². The van der Waals surface area contributed by atoms with Crippen LogP contribution in [0.3, 0.4) is 0 Å². The van der Waals surface area contributed by atoms with Gasteiger partial charge in [0.25, 0.3) is 0 Å². The largest absolute Gasteiger partial charge is 0.497 e. The molecule has 1 heterocycles. The van der Waals surface area contributed by atoms with Gasteiger partial charge in [-0.3, -0.25) is 9.59 Å². The van der Waals surface area contributed by atoms with Gasteiger partial charge in [-0.1, -0.05) is 12.1 Å². The van der Waals surface area contributed by atoms with Crippen LogP contribution in [-0.4, -0.2) is 64.0 Å². The average molecular weight is 396 g/mol. The fourth-order valence-corrected chi connectivity index (χ4v) is 3.51. The zero-order valence-electron chi connectivity index (χ0n) is 17.4. The van der Waals surface area contributed by atoms with Gasteiger partial charge in [-0.05, 0) is 50.5 Å². The number of Topliss-reactive ketones (excluding diaryl/α,β-unsaturated/α-hetero) is 1. The third-order valence-electron chi connectivity index (χ3n) is 5.20. The lowest BCUT2D eigenvalue weighted by Crippen LogP contribution is -2.45. The van der Waals surface area contributed by atoms with Crippen molar-refractivity contribution in [1.29, 1.82) is 0 Å². The quantitative estimate of drug-likeness (QED) is 0.643. The molecule has 3 rings (SSSR count). The van der Waals surface area contributed by atoms with Crippen molar-refractivity contribution in [3.63, 3.8) is 0 Å². The van der Waals surface area contributed by atoms with Crippen LogP contribution in [0, 0.1) is 0 Å². The summed E-state index contributed by atoms with van der Waals surface area (Å²) in [5.74, 6) is 0.673. The fourth-order valence-electron chi connectivity index (χ4n) is 3.51.